The molecule has 134 valence electrons. The SMILES string of the molecule is C=C1C2=C3CCC=C2/C=C\C2(C)C=CCNC4=C(C)C(=C1C2C4)C3(C)C. The molecule has 26 heavy (non-hydrogen) atoms. The van der Waals surface area contributed by atoms with Crippen LogP contribution in [0.3, 0.4) is 0 Å². The molecule has 4 bridgehead atoms. The zero-order valence-corrected chi connectivity index (χ0v) is 16.5. The predicted octanol–water partition coefficient (Wildman–Crippen LogP) is 5.93. The van der Waals surface area contributed by atoms with Crippen molar-refractivity contribution in [3.8, 4) is 0 Å². The topological polar surface area (TPSA) is 12.0 Å². The summed E-state index contributed by atoms with van der Waals surface area (Å²) in [6, 6.07) is 0. The Balaban J connectivity index is 1.93. The number of hydrogen-bond acceptors (Lipinski definition) is 1. The molecule has 4 aliphatic carbocycles. The summed E-state index contributed by atoms with van der Waals surface area (Å²) in [6.45, 7) is 15.2. The molecular formula is C25H29N. The third-order valence-electron chi connectivity index (χ3n) is 7.49. The van der Waals surface area contributed by atoms with Gasteiger partial charge in [-0.3, -0.25) is 0 Å². The van der Waals surface area contributed by atoms with Crippen LogP contribution in [0, 0.1) is 16.7 Å². The third-order valence-corrected chi connectivity index (χ3v) is 7.49. The summed E-state index contributed by atoms with van der Waals surface area (Å²) in [4.78, 5) is 0. The summed E-state index contributed by atoms with van der Waals surface area (Å²) in [5.74, 6) is 0.459. The summed E-state index contributed by atoms with van der Waals surface area (Å²) >= 11 is 0. The van der Waals surface area contributed by atoms with Crippen LogP contribution in [0.15, 0.2) is 81.7 Å². The van der Waals surface area contributed by atoms with E-state index in [1.54, 1.807) is 11.1 Å². The van der Waals surface area contributed by atoms with Crippen LogP contribution in [-0.4, -0.2) is 6.54 Å². The van der Waals surface area contributed by atoms with E-state index < -0.39 is 0 Å². The van der Waals surface area contributed by atoms with Gasteiger partial charge in [-0.2, -0.15) is 0 Å². The molecular weight excluding hydrogens is 314 g/mol. The lowest BCUT2D eigenvalue weighted by atomic mass is 9.53. The summed E-state index contributed by atoms with van der Waals surface area (Å²) in [7, 11) is 0. The van der Waals surface area contributed by atoms with Gasteiger partial charge in [-0.1, -0.05) is 63.3 Å². The van der Waals surface area contributed by atoms with Crippen molar-refractivity contribution in [1.82, 2.24) is 5.32 Å². The van der Waals surface area contributed by atoms with Gasteiger partial charge in [-0.25, -0.2) is 0 Å². The summed E-state index contributed by atoms with van der Waals surface area (Å²) in [5.41, 5.74) is 11.9. The van der Waals surface area contributed by atoms with E-state index in [0.717, 1.165) is 25.8 Å². The van der Waals surface area contributed by atoms with Crippen LogP contribution in [-0.2, 0) is 0 Å². The molecule has 0 aromatic heterocycles. The van der Waals surface area contributed by atoms with Crippen molar-refractivity contribution in [2.45, 2.75) is 47.0 Å². The summed E-state index contributed by atoms with van der Waals surface area (Å²) < 4.78 is 0. The Bertz CT molecular complexity index is 925. The minimum absolute atomic E-state index is 0.0367. The largest absolute Gasteiger partial charge is 0.385 e. The second-order valence-corrected chi connectivity index (χ2v) is 9.29. The molecule has 0 amide bonds. The molecule has 2 atom stereocenters. The molecule has 1 nitrogen and oxygen atoms in total. The first-order chi connectivity index (χ1) is 12.3. The lowest BCUT2D eigenvalue weighted by molar-refractivity contribution is 0.339. The predicted molar refractivity (Wildman–Crippen MR) is 109 cm³/mol. The fourth-order valence-corrected chi connectivity index (χ4v) is 6.13. The van der Waals surface area contributed by atoms with Crippen molar-refractivity contribution >= 4 is 0 Å². The number of rotatable bonds is 0. The summed E-state index contributed by atoms with van der Waals surface area (Å²) in [5, 5.41) is 3.71. The van der Waals surface area contributed by atoms with E-state index in [0.29, 0.717) is 5.92 Å². The molecule has 1 aliphatic heterocycles. The van der Waals surface area contributed by atoms with E-state index in [2.05, 4.69) is 70.0 Å². The van der Waals surface area contributed by atoms with E-state index in [9.17, 15) is 0 Å². The van der Waals surface area contributed by atoms with Crippen molar-refractivity contribution in [3.05, 3.63) is 81.7 Å². The average Bonchev–Trinajstić information content (AvgIpc) is 2.60. The van der Waals surface area contributed by atoms with Gasteiger partial charge in [0.1, 0.15) is 0 Å². The molecule has 0 radical (unpaired) electrons. The van der Waals surface area contributed by atoms with Crippen LogP contribution >= 0.6 is 0 Å². The molecule has 0 saturated heterocycles. The maximum absolute atomic E-state index is 4.68. The van der Waals surface area contributed by atoms with E-state index in [-0.39, 0.29) is 10.8 Å². The Hall–Kier alpha value is -2.02. The zero-order chi connectivity index (χ0) is 18.3. The Morgan fingerprint density at radius 2 is 2.00 bits per heavy atom. The van der Waals surface area contributed by atoms with Crippen LogP contribution in [0.5, 0.6) is 0 Å². The van der Waals surface area contributed by atoms with Crippen molar-refractivity contribution in [2.24, 2.45) is 16.7 Å². The maximum atomic E-state index is 4.68. The van der Waals surface area contributed by atoms with Crippen molar-refractivity contribution in [1.29, 1.82) is 0 Å². The molecule has 0 aromatic carbocycles. The van der Waals surface area contributed by atoms with Gasteiger partial charge >= 0.3 is 0 Å². The average molecular weight is 344 g/mol. The van der Waals surface area contributed by atoms with Crippen LogP contribution in [0.1, 0.15) is 47.0 Å². The minimum Gasteiger partial charge on any atom is -0.385 e. The molecule has 0 spiro atoms. The molecule has 1 heterocycles. The maximum Gasteiger partial charge on any atom is 0.0328 e. The van der Waals surface area contributed by atoms with Crippen LogP contribution in [0.4, 0.5) is 0 Å². The first kappa shape index (κ1) is 16.2. The van der Waals surface area contributed by atoms with E-state index >= 15 is 0 Å². The Morgan fingerprint density at radius 1 is 1.19 bits per heavy atom. The number of allylic oxidation sites excluding steroid dienone is 12. The van der Waals surface area contributed by atoms with Gasteiger partial charge in [0.2, 0.25) is 0 Å². The highest BCUT2D eigenvalue weighted by atomic mass is 14.9. The molecule has 1 N–H and O–H groups in total. The van der Waals surface area contributed by atoms with Gasteiger partial charge in [-0.05, 0) is 59.6 Å². The molecule has 0 saturated carbocycles. The van der Waals surface area contributed by atoms with Crippen molar-refractivity contribution < 1.29 is 0 Å². The first-order valence-corrected chi connectivity index (χ1v) is 10.0. The second-order valence-electron chi connectivity index (χ2n) is 9.29. The quantitative estimate of drug-likeness (QED) is 0.538. The third kappa shape index (κ3) is 1.87. The van der Waals surface area contributed by atoms with Gasteiger partial charge in [0, 0.05) is 29.0 Å². The highest BCUT2D eigenvalue weighted by Gasteiger charge is 2.48. The van der Waals surface area contributed by atoms with Gasteiger partial charge < -0.3 is 5.32 Å². The first-order valence-electron chi connectivity index (χ1n) is 10.0. The van der Waals surface area contributed by atoms with Crippen LogP contribution < -0.4 is 5.32 Å². The van der Waals surface area contributed by atoms with Crippen molar-refractivity contribution in [3.63, 3.8) is 0 Å². The second kappa shape index (κ2) is 5.03. The smallest absolute Gasteiger partial charge is 0.0328 e. The highest BCUT2D eigenvalue weighted by molar-refractivity contribution is 5.73. The standard InChI is InChI=1S/C25H29N/c1-15-20-14-19-22-16(2)21-17(10-12-25(19,5)11-7-13-26-20)8-6-9-18(21)24(3,4)23(15)22/h7-8,10-12,19,26H,2,6,9,13-14H2,1,3-5H3/b11-7?,12-10-. The molecule has 5 aliphatic rings. The Morgan fingerprint density at radius 3 is 2.81 bits per heavy atom. The van der Waals surface area contributed by atoms with Crippen LogP contribution in [0.25, 0.3) is 0 Å². The van der Waals surface area contributed by atoms with Crippen LogP contribution in [0.2, 0.25) is 0 Å². The Kier molecular flexibility index (Phi) is 3.13. The highest BCUT2D eigenvalue weighted by Crippen LogP contribution is 2.61. The van der Waals surface area contributed by atoms with Gasteiger partial charge in [-0.15, -0.1) is 0 Å². The molecule has 0 aromatic rings. The van der Waals surface area contributed by atoms with Crippen molar-refractivity contribution in [2.75, 3.05) is 6.54 Å². The number of hydrogen-bond donors (Lipinski definition) is 1. The molecule has 1 heteroatoms. The lowest BCUT2D eigenvalue weighted by Crippen LogP contribution is -2.41. The Labute approximate surface area is 157 Å². The summed E-state index contributed by atoms with van der Waals surface area (Å²) in [6.07, 6.45) is 15.4. The van der Waals surface area contributed by atoms with E-state index in [1.165, 1.54) is 33.6 Å². The van der Waals surface area contributed by atoms with Gasteiger partial charge in [0.15, 0.2) is 0 Å². The fourth-order valence-electron chi connectivity index (χ4n) is 6.13. The van der Waals surface area contributed by atoms with Gasteiger partial charge in [0.25, 0.3) is 0 Å². The monoisotopic (exact) mass is 343 g/mol. The number of fused-ring (bicyclic) bond motifs is 1. The molecule has 0 fully saturated rings. The normalized spacial score (nSPS) is 35.5. The lowest BCUT2D eigenvalue weighted by Gasteiger charge is -2.51. The molecule has 5 rings (SSSR count). The minimum atomic E-state index is 0.0367. The zero-order valence-electron chi connectivity index (χ0n) is 16.5. The number of nitrogens with one attached hydrogen (secondary N) is 1. The van der Waals surface area contributed by atoms with E-state index in [1.807, 2.05) is 0 Å². The van der Waals surface area contributed by atoms with Gasteiger partial charge in [0.05, 0.1) is 0 Å². The fraction of sp³-hybridized carbons (Fsp3) is 0.440. The van der Waals surface area contributed by atoms with E-state index in [4.69, 9.17) is 0 Å². The molecule has 2 unspecified atom stereocenters.